The molecule has 0 bridgehead atoms. The first-order chi connectivity index (χ1) is 12.2. The molecular formula is C19H16FN3OS. The second-order valence-electron chi connectivity index (χ2n) is 5.97. The van der Waals surface area contributed by atoms with Gasteiger partial charge in [-0.05, 0) is 25.0 Å². The Bertz CT molecular complexity index is 906. The lowest BCUT2D eigenvalue weighted by Crippen LogP contribution is -2.05. The van der Waals surface area contributed by atoms with Crippen molar-refractivity contribution in [1.29, 1.82) is 0 Å². The van der Waals surface area contributed by atoms with Crippen LogP contribution >= 0.6 is 11.8 Å². The van der Waals surface area contributed by atoms with Gasteiger partial charge in [0.05, 0.1) is 11.3 Å². The number of Topliss-reactive ketones (excluding diaryl/α,β-unsaturated/α-hetero) is 1. The molecule has 0 unspecified atom stereocenters. The molecule has 3 aromatic rings. The van der Waals surface area contributed by atoms with Crippen LogP contribution in [0, 0.1) is 5.82 Å². The Balaban J connectivity index is 1.59. The second-order valence-corrected chi connectivity index (χ2v) is 6.91. The van der Waals surface area contributed by atoms with Gasteiger partial charge < -0.3 is 0 Å². The molecule has 0 radical (unpaired) electrons. The third-order valence-electron chi connectivity index (χ3n) is 4.12. The van der Waals surface area contributed by atoms with Gasteiger partial charge in [0.15, 0.2) is 16.8 Å². The Morgan fingerprint density at radius 3 is 2.52 bits per heavy atom. The molecule has 4 nitrogen and oxygen atoms in total. The smallest absolute Gasteiger partial charge is 0.192 e. The summed E-state index contributed by atoms with van der Waals surface area (Å²) in [5.74, 6) is 0.555. The van der Waals surface area contributed by atoms with Gasteiger partial charge in [-0.15, -0.1) is 10.2 Å². The summed E-state index contributed by atoms with van der Waals surface area (Å²) in [5.41, 5.74) is 1.13. The van der Waals surface area contributed by atoms with Crippen molar-refractivity contribution in [2.45, 2.75) is 24.0 Å². The number of thioether (sulfide) groups is 1. The first kappa shape index (κ1) is 16.0. The third-order valence-corrected chi connectivity index (χ3v) is 5.06. The highest BCUT2D eigenvalue weighted by Gasteiger charge is 2.31. The van der Waals surface area contributed by atoms with E-state index in [4.69, 9.17) is 0 Å². The number of ketones is 1. The highest BCUT2D eigenvalue weighted by Crippen LogP contribution is 2.41. The van der Waals surface area contributed by atoms with E-state index in [-0.39, 0.29) is 17.4 Å². The van der Waals surface area contributed by atoms with E-state index in [9.17, 15) is 9.18 Å². The summed E-state index contributed by atoms with van der Waals surface area (Å²) in [6, 6.07) is 16.1. The van der Waals surface area contributed by atoms with Gasteiger partial charge in [0, 0.05) is 11.6 Å². The Labute approximate surface area is 149 Å². The van der Waals surface area contributed by atoms with Gasteiger partial charge >= 0.3 is 0 Å². The van der Waals surface area contributed by atoms with Gasteiger partial charge in [-0.25, -0.2) is 4.39 Å². The number of benzene rings is 2. The molecule has 1 aliphatic rings. The molecule has 0 spiro atoms. The van der Waals surface area contributed by atoms with E-state index >= 15 is 0 Å². The van der Waals surface area contributed by atoms with Crippen molar-refractivity contribution in [3.8, 4) is 11.4 Å². The van der Waals surface area contributed by atoms with Crippen molar-refractivity contribution < 1.29 is 9.18 Å². The molecule has 0 atom stereocenters. The molecule has 0 saturated heterocycles. The summed E-state index contributed by atoms with van der Waals surface area (Å²) < 4.78 is 16.1. The van der Waals surface area contributed by atoms with Crippen LogP contribution in [0.5, 0.6) is 0 Å². The summed E-state index contributed by atoms with van der Waals surface area (Å²) >= 11 is 1.36. The molecule has 0 amide bonds. The van der Waals surface area contributed by atoms with Crippen LogP contribution in [0.15, 0.2) is 59.8 Å². The lowest BCUT2D eigenvalue weighted by atomic mass is 10.2. The SMILES string of the molecule is O=C(CSc1nnc(-c2ccccc2F)n1C1CC1)c1ccccc1. The van der Waals surface area contributed by atoms with E-state index in [0.717, 1.165) is 12.8 Å². The molecule has 4 rings (SSSR count). The molecule has 1 aromatic heterocycles. The molecule has 126 valence electrons. The molecule has 2 aromatic carbocycles. The Morgan fingerprint density at radius 2 is 1.80 bits per heavy atom. The molecule has 25 heavy (non-hydrogen) atoms. The minimum absolute atomic E-state index is 0.0448. The predicted molar refractivity (Wildman–Crippen MR) is 95.2 cm³/mol. The first-order valence-corrected chi connectivity index (χ1v) is 9.13. The van der Waals surface area contributed by atoms with Crippen LogP contribution in [-0.4, -0.2) is 26.3 Å². The van der Waals surface area contributed by atoms with Gasteiger partial charge in [-0.2, -0.15) is 0 Å². The Kier molecular flexibility index (Phi) is 4.36. The summed E-state index contributed by atoms with van der Waals surface area (Å²) in [6.07, 6.45) is 2.05. The van der Waals surface area contributed by atoms with Crippen molar-refractivity contribution in [1.82, 2.24) is 14.8 Å². The molecular weight excluding hydrogens is 337 g/mol. The lowest BCUT2D eigenvalue weighted by molar-refractivity contribution is 0.102. The van der Waals surface area contributed by atoms with Crippen molar-refractivity contribution in [3.05, 3.63) is 66.0 Å². The fourth-order valence-corrected chi connectivity index (χ4v) is 3.60. The number of rotatable bonds is 6. The van der Waals surface area contributed by atoms with E-state index in [1.54, 1.807) is 30.3 Å². The molecule has 1 aliphatic carbocycles. The van der Waals surface area contributed by atoms with Crippen LogP contribution < -0.4 is 0 Å². The monoisotopic (exact) mass is 353 g/mol. The highest BCUT2D eigenvalue weighted by molar-refractivity contribution is 7.99. The normalized spacial score (nSPS) is 13.8. The van der Waals surface area contributed by atoms with E-state index in [1.807, 2.05) is 22.8 Å². The fraction of sp³-hybridized carbons (Fsp3) is 0.211. The number of nitrogens with zero attached hydrogens (tertiary/aromatic N) is 3. The lowest BCUT2D eigenvalue weighted by Gasteiger charge is -2.09. The molecule has 1 saturated carbocycles. The molecule has 6 heteroatoms. The fourth-order valence-electron chi connectivity index (χ4n) is 2.70. The van der Waals surface area contributed by atoms with Gasteiger partial charge in [-0.3, -0.25) is 9.36 Å². The van der Waals surface area contributed by atoms with Gasteiger partial charge in [0.25, 0.3) is 0 Å². The number of hydrogen-bond donors (Lipinski definition) is 0. The first-order valence-electron chi connectivity index (χ1n) is 8.15. The quantitative estimate of drug-likeness (QED) is 0.487. The minimum atomic E-state index is -0.311. The summed E-state index contributed by atoms with van der Waals surface area (Å²) in [6.45, 7) is 0. The zero-order valence-electron chi connectivity index (χ0n) is 13.4. The molecule has 1 heterocycles. The molecule has 1 fully saturated rings. The average molecular weight is 353 g/mol. The number of carbonyl (C=O) groups is 1. The Hall–Kier alpha value is -2.47. The van der Waals surface area contributed by atoms with Crippen molar-refractivity contribution in [2.75, 3.05) is 5.75 Å². The van der Waals surface area contributed by atoms with Gasteiger partial charge in [0.1, 0.15) is 5.82 Å². The third kappa shape index (κ3) is 3.35. The molecule has 0 N–H and O–H groups in total. The van der Waals surface area contributed by atoms with Crippen molar-refractivity contribution in [3.63, 3.8) is 0 Å². The number of halogens is 1. The van der Waals surface area contributed by atoms with Crippen LogP contribution in [0.25, 0.3) is 11.4 Å². The zero-order chi connectivity index (χ0) is 17.2. The highest BCUT2D eigenvalue weighted by atomic mass is 32.2. The number of aromatic nitrogens is 3. The van der Waals surface area contributed by atoms with Crippen LogP contribution in [0.3, 0.4) is 0 Å². The van der Waals surface area contributed by atoms with Crippen LogP contribution in [-0.2, 0) is 0 Å². The average Bonchev–Trinajstić information content (AvgIpc) is 3.40. The maximum atomic E-state index is 14.1. The largest absolute Gasteiger partial charge is 0.299 e. The van der Waals surface area contributed by atoms with Crippen LogP contribution in [0.2, 0.25) is 0 Å². The van der Waals surface area contributed by atoms with Gasteiger partial charge in [0.2, 0.25) is 0 Å². The number of carbonyl (C=O) groups excluding carboxylic acids is 1. The summed E-state index contributed by atoms with van der Waals surface area (Å²) in [7, 11) is 0. The van der Waals surface area contributed by atoms with Crippen LogP contribution in [0.4, 0.5) is 4.39 Å². The van der Waals surface area contributed by atoms with Crippen molar-refractivity contribution in [2.24, 2.45) is 0 Å². The predicted octanol–water partition coefficient (Wildman–Crippen LogP) is 4.39. The maximum absolute atomic E-state index is 14.1. The minimum Gasteiger partial charge on any atom is -0.299 e. The Morgan fingerprint density at radius 1 is 1.08 bits per heavy atom. The van der Waals surface area contributed by atoms with E-state index in [1.165, 1.54) is 17.8 Å². The second kappa shape index (κ2) is 6.80. The van der Waals surface area contributed by atoms with Gasteiger partial charge in [-0.1, -0.05) is 54.2 Å². The summed E-state index contributed by atoms with van der Waals surface area (Å²) in [4.78, 5) is 12.3. The van der Waals surface area contributed by atoms with E-state index in [2.05, 4.69) is 10.2 Å². The number of hydrogen-bond acceptors (Lipinski definition) is 4. The van der Waals surface area contributed by atoms with Crippen LogP contribution in [0.1, 0.15) is 29.2 Å². The topological polar surface area (TPSA) is 47.8 Å². The van der Waals surface area contributed by atoms with Crippen molar-refractivity contribution >= 4 is 17.5 Å². The standard InChI is InChI=1S/C19H16FN3OS/c20-16-9-5-4-8-15(16)18-21-22-19(23(18)14-10-11-14)25-12-17(24)13-6-2-1-3-7-13/h1-9,14H,10-12H2. The molecule has 0 aliphatic heterocycles. The maximum Gasteiger partial charge on any atom is 0.192 e. The van der Waals surface area contributed by atoms with E-state index < -0.39 is 0 Å². The summed E-state index contributed by atoms with van der Waals surface area (Å²) in [5, 5.41) is 9.09. The zero-order valence-corrected chi connectivity index (χ0v) is 14.2. The van der Waals surface area contributed by atoms with E-state index in [0.29, 0.717) is 28.1 Å².